The van der Waals surface area contributed by atoms with E-state index in [1.165, 1.54) is 12.3 Å². The predicted molar refractivity (Wildman–Crippen MR) is 75.8 cm³/mol. The Kier molecular flexibility index (Phi) is 4.39. The maximum atomic E-state index is 11.8. The molecule has 104 valence electrons. The minimum absolute atomic E-state index is 0.153. The Balaban J connectivity index is 2.15. The van der Waals surface area contributed by atoms with E-state index in [0.717, 1.165) is 0 Å². The number of nitrogens with one attached hydrogen (secondary N) is 2. The van der Waals surface area contributed by atoms with Crippen LogP contribution < -0.4 is 16.4 Å². The molecule has 0 spiro atoms. The van der Waals surface area contributed by atoms with Crippen LogP contribution in [-0.4, -0.2) is 18.4 Å². The molecule has 0 bridgehead atoms. The van der Waals surface area contributed by atoms with Crippen LogP contribution in [0.2, 0.25) is 5.02 Å². The zero-order valence-electron chi connectivity index (χ0n) is 10.4. The number of benzene rings is 1. The van der Waals surface area contributed by atoms with Gasteiger partial charge in [0.2, 0.25) is 5.91 Å². The smallest absolute Gasteiger partial charge is 0.291 e. The normalized spacial score (nSPS) is 10.1. The highest BCUT2D eigenvalue weighted by Gasteiger charge is 2.11. The summed E-state index contributed by atoms with van der Waals surface area (Å²) < 4.78 is 4.98. The lowest BCUT2D eigenvalue weighted by atomic mass is 10.2. The molecule has 6 nitrogen and oxygen atoms in total. The minimum Gasteiger partial charge on any atom is -0.459 e. The summed E-state index contributed by atoms with van der Waals surface area (Å²) in [6.45, 7) is -0.153. The van der Waals surface area contributed by atoms with Crippen molar-refractivity contribution in [2.45, 2.75) is 0 Å². The van der Waals surface area contributed by atoms with Crippen LogP contribution in [0, 0.1) is 0 Å². The molecule has 1 aromatic heterocycles. The van der Waals surface area contributed by atoms with Crippen LogP contribution in [-0.2, 0) is 4.79 Å². The monoisotopic (exact) mass is 293 g/mol. The summed E-state index contributed by atoms with van der Waals surface area (Å²) in [5.41, 5.74) is 6.07. The van der Waals surface area contributed by atoms with Crippen LogP contribution in [0.15, 0.2) is 41.0 Å². The first-order chi connectivity index (χ1) is 9.60. The lowest BCUT2D eigenvalue weighted by Crippen LogP contribution is -2.22. The van der Waals surface area contributed by atoms with Crippen LogP contribution in [0.1, 0.15) is 10.6 Å². The first-order valence-electron chi connectivity index (χ1n) is 5.74. The Labute approximate surface area is 119 Å². The van der Waals surface area contributed by atoms with Crippen LogP contribution in [0.5, 0.6) is 0 Å². The molecule has 2 rings (SSSR count). The van der Waals surface area contributed by atoms with Crippen LogP contribution in [0.25, 0.3) is 0 Å². The number of carbonyl (C=O) groups is 2. The van der Waals surface area contributed by atoms with E-state index in [2.05, 4.69) is 10.6 Å². The maximum Gasteiger partial charge on any atom is 0.291 e. The largest absolute Gasteiger partial charge is 0.459 e. The Morgan fingerprint density at radius 1 is 1.25 bits per heavy atom. The maximum absolute atomic E-state index is 11.8. The molecule has 7 heteroatoms. The molecular weight excluding hydrogens is 282 g/mol. The Morgan fingerprint density at radius 3 is 2.70 bits per heavy atom. The van der Waals surface area contributed by atoms with Crippen molar-refractivity contribution in [2.24, 2.45) is 5.73 Å². The van der Waals surface area contributed by atoms with Gasteiger partial charge in [0.25, 0.3) is 5.91 Å². The first-order valence-corrected chi connectivity index (χ1v) is 6.12. The van der Waals surface area contributed by atoms with E-state index in [1.807, 2.05) is 0 Å². The molecule has 0 atom stereocenters. The zero-order chi connectivity index (χ0) is 14.5. The molecule has 4 N–H and O–H groups in total. The summed E-state index contributed by atoms with van der Waals surface area (Å²) in [7, 11) is 0. The molecule has 0 aliphatic carbocycles. The lowest BCUT2D eigenvalue weighted by molar-refractivity contribution is -0.114. The molecule has 2 amide bonds. The molecule has 1 aromatic carbocycles. The number of amides is 2. The highest BCUT2D eigenvalue weighted by molar-refractivity contribution is 6.33. The standard InChI is InChI=1S/C13H12ClN3O3/c14-9-4-3-8(6-10(9)17-12(18)7-15)16-13(19)11-2-1-5-20-11/h1-6H,7,15H2,(H,16,19)(H,17,18). The summed E-state index contributed by atoms with van der Waals surface area (Å²) in [5, 5.41) is 5.52. The van der Waals surface area contributed by atoms with Gasteiger partial charge in [-0.05, 0) is 30.3 Å². The Hall–Kier alpha value is -2.31. The highest BCUT2D eigenvalue weighted by Crippen LogP contribution is 2.25. The van der Waals surface area contributed by atoms with Crippen molar-refractivity contribution in [3.05, 3.63) is 47.4 Å². The van der Waals surface area contributed by atoms with Gasteiger partial charge in [-0.3, -0.25) is 9.59 Å². The van der Waals surface area contributed by atoms with E-state index >= 15 is 0 Å². The van der Waals surface area contributed by atoms with E-state index in [1.54, 1.807) is 24.3 Å². The second-order valence-corrected chi connectivity index (χ2v) is 4.29. The minimum atomic E-state index is -0.395. The van der Waals surface area contributed by atoms with Gasteiger partial charge in [-0.15, -0.1) is 0 Å². The summed E-state index contributed by atoms with van der Waals surface area (Å²) in [4.78, 5) is 23.1. The number of anilines is 2. The van der Waals surface area contributed by atoms with Gasteiger partial charge in [0.1, 0.15) is 0 Å². The molecular formula is C13H12ClN3O3. The van der Waals surface area contributed by atoms with Crippen LogP contribution in [0.3, 0.4) is 0 Å². The molecule has 20 heavy (non-hydrogen) atoms. The molecule has 0 saturated heterocycles. The molecule has 0 fully saturated rings. The first kappa shape index (κ1) is 14.1. The fourth-order valence-electron chi connectivity index (χ4n) is 1.50. The number of furan rings is 1. The Bertz CT molecular complexity index is 626. The molecule has 2 aromatic rings. The Morgan fingerprint density at radius 2 is 2.05 bits per heavy atom. The predicted octanol–water partition coefficient (Wildman–Crippen LogP) is 2.08. The average molecular weight is 294 g/mol. The van der Waals surface area contributed by atoms with E-state index in [0.29, 0.717) is 16.4 Å². The lowest BCUT2D eigenvalue weighted by Gasteiger charge is -2.09. The number of carbonyl (C=O) groups excluding carboxylic acids is 2. The topological polar surface area (TPSA) is 97.4 Å². The van der Waals surface area contributed by atoms with Gasteiger partial charge < -0.3 is 20.8 Å². The van der Waals surface area contributed by atoms with Gasteiger partial charge in [-0.25, -0.2) is 0 Å². The van der Waals surface area contributed by atoms with Gasteiger partial charge in [-0.2, -0.15) is 0 Å². The van der Waals surface area contributed by atoms with Crippen molar-refractivity contribution in [3.8, 4) is 0 Å². The summed E-state index contributed by atoms with van der Waals surface area (Å²) >= 11 is 5.95. The van der Waals surface area contributed by atoms with Crippen molar-refractivity contribution < 1.29 is 14.0 Å². The zero-order valence-corrected chi connectivity index (χ0v) is 11.1. The van der Waals surface area contributed by atoms with Crippen LogP contribution >= 0.6 is 11.6 Å². The molecule has 0 aliphatic heterocycles. The van der Waals surface area contributed by atoms with Gasteiger partial charge >= 0.3 is 0 Å². The second-order valence-electron chi connectivity index (χ2n) is 3.88. The SMILES string of the molecule is NCC(=O)Nc1cc(NC(=O)c2ccco2)ccc1Cl. The third-order valence-electron chi connectivity index (χ3n) is 2.43. The van der Waals surface area contributed by atoms with Gasteiger partial charge in [0.15, 0.2) is 5.76 Å². The van der Waals surface area contributed by atoms with Gasteiger partial charge in [0.05, 0.1) is 23.5 Å². The number of rotatable bonds is 4. The van der Waals surface area contributed by atoms with Crippen molar-refractivity contribution in [1.82, 2.24) is 0 Å². The molecule has 1 heterocycles. The summed E-state index contributed by atoms with van der Waals surface area (Å²) in [5.74, 6) is -0.581. The molecule has 0 radical (unpaired) electrons. The number of hydrogen-bond donors (Lipinski definition) is 3. The molecule has 0 saturated carbocycles. The fraction of sp³-hybridized carbons (Fsp3) is 0.0769. The third kappa shape index (κ3) is 3.37. The van der Waals surface area contributed by atoms with E-state index < -0.39 is 5.91 Å². The fourth-order valence-corrected chi connectivity index (χ4v) is 1.67. The van der Waals surface area contributed by atoms with Gasteiger partial charge in [0, 0.05) is 5.69 Å². The molecule has 0 unspecified atom stereocenters. The van der Waals surface area contributed by atoms with Gasteiger partial charge in [-0.1, -0.05) is 11.6 Å². The number of hydrogen-bond acceptors (Lipinski definition) is 4. The van der Waals surface area contributed by atoms with E-state index in [-0.39, 0.29) is 18.2 Å². The van der Waals surface area contributed by atoms with Crippen molar-refractivity contribution in [3.63, 3.8) is 0 Å². The summed E-state index contributed by atoms with van der Waals surface area (Å²) in [6.07, 6.45) is 1.41. The summed E-state index contributed by atoms with van der Waals surface area (Å²) in [6, 6.07) is 7.87. The van der Waals surface area contributed by atoms with Crippen molar-refractivity contribution in [1.29, 1.82) is 0 Å². The van der Waals surface area contributed by atoms with Crippen molar-refractivity contribution >= 4 is 34.8 Å². The molecule has 0 aliphatic rings. The van der Waals surface area contributed by atoms with E-state index in [4.69, 9.17) is 21.8 Å². The number of nitrogens with two attached hydrogens (primary N) is 1. The van der Waals surface area contributed by atoms with E-state index in [9.17, 15) is 9.59 Å². The average Bonchev–Trinajstić information content (AvgIpc) is 2.96. The van der Waals surface area contributed by atoms with Crippen molar-refractivity contribution in [2.75, 3.05) is 17.2 Å². The third-order valence-corrected chi connectivity index (χ3v) is 2.76. The highest BCUT2D eigenvalue weighted by atomic mass is 35.5. The number of halogens is 1. The van der Waals surface area contributed by atoms with Crippen LogP contribution in [0.4, 0.5) is 11.4 Å². The quantitative estimate of drug-likeness (QED) is 0.804. The second kappa shape index (κ2) is 6.23.